The van der Waals surface area contributed by atoms with Crippen LogP contribution in [0.4, 0.5) is 5.69 Å². The zero-order chi connectivity index (χ0) is 15.1. The molecule has 0 aromatic heterocycles. The summed E-state index contributed by atoms with van der Waals surface area (Å²) in [6.07, 6.45) is 0.377. The molecule has 21 heavy (non-hydrogen) atoms. The molecule has 0 fully saturated rings. The number of alkyl halides is 1. The molecule has 3 rings (SSSR count). The zero-order valence-electron chi connectivity index (χ0n) is 11.2. The number of hydrogen-bond acceptors (Lipinski definition) is 1. The fourth-order valence-electron chi connectivity index (χ4n) is 2.47. The Balaban J connectivity index is 2.02. The summed E-state index contributed by atoms with van der Waals surface area (Å²) in [5, 5.41) is 3.01. The first kappa shape index (κ1) is 14.9. The third-order valence-corrected chi connectivity index (χ3v) is 5.30. The molecule has 0 saturated carbocycles. The number of rotatable bonds is 2. The van der Waals surface area contributed by atoms with Crippen molar-refractivity contribution in [1.29, 1.82) is 0 Å². The van der Waals surface area contributed by atoms with E-state index in [1.54, 1.807) is 6.07 Å². The van der Waals surface area contributed by atoms with Crippen LogP contribution in [0.3, 0.4) is 0 Å². The maximum atomic E-state index is 11.5. The molecule has 108 valence electrons. The van der Waals surface area contributed by atoms with Crippen LogP contribution in [-0.2, 0) is 11.2 Å². The summed E-state index contributed by atoms with van der Waals surface area (Å²) in [4.78, 5) is 11.5. The second-order valence-electron chi connectivity index (χ2n) is 5.13. The van der Waals surface area contributed by atoms with Gasteiger partial charge in [0, 0.05) is 15.2 Å². The van der Waals surface area contributed by atoms with Gasteiger partial charge < -0.3 is 5.32 Å². The van der Waals surface area contributed by atoms with Crippen LogP contribution in [0.2, 0.25) is 5.02 Å². The highest BCUT2D eigenvalue weighted by atomic mass is 79.9. The van der Waals surface area contributed by atoms with Gasteiger partial charge in [0.25, 0.3) is 0 Å². The Hall–Kier alpha value is -1.03. The van der Waals surface area contributed by atoms with Gasteiger partial charge in [0.2, 0.25) is 5.91 Å². The molecule has 0 bridgehead atoms. The fourth-order valence-corrected chi connectivity index (χ4v) is 3.36. The number of aryl methyl sites for hydroxylation is 1. The van der Waals surface area contributed by atoms with Gasteiger partial charge >= 0.3 is 0 Å². The highest BCUT2D eigenvalue weighted by Crippen LogP contribution is 2.39. The van der Waals surface area contributed by atoms with Gasteiger partial charge in [0.05, 0.1) is 11.8 Å². The minimum Gasteiger partial charge on any atom is -0.325 e. The molecule has 1 aliphatic heterocycles. The first-order valence-electron chi connectivity index (χ1n) is 6.48. The maximum absolute atomic E-state index is 11.5. The number of benzene rings is 2. The number of carbonyl (C=O) groups excluding carboxylic acids is 1. The van der Waals surface area contributed by atoms with E-state index in [1.807, 2.05) is 31.2 Å². The molecular formula is C16H12BrCl2NO. The lowest BCUT2D eigenvalue weighted by Gasteiger charge is -2.15. The quantitative estimate of drug-likeness (QED) is 0.705. The van der Waals surface area contributed by atoms with Crippen LogP contribution in [0, 0.1) is 6.92 Å². The Labute approximate surface area is 141 Å². The van der Waals surface area contributed by atoms with Crippen LogP contribution in [0.15, 0.2) is 34.8 Å². The molecule has 0 spiro atoms. The molecule has 2 aromatic rings. The third-order valence-electron chi connectivity index (χ3n) is 3.60. The minimum atomic E-state index is -0.342. The summed E-state index contributed by atoms with van der Waals surface area (Å²) in [6.45, 7) is 2.02. The van der Waals surface area contributed by atoms with Crippen molar-refractivity contribution in [2.45, 2.75) is 18.7 Å². The van der Waals surface area contributed by atoms with Crippen LogP contribution in [0.5, 0.6) is 0 Å². The van der Waals surface area contributed by atoms with Crippen molar-refractivity contribution in [1.82, 2.24) is 0 Å². The van der Waals surface area contributed by atoms with E-state index < -0.39 is 0 Å². The number of nitrogens with one attached hydrogen (secondary N) is 1. The molecular weight excluding hydrogens is 373 g/mol. The second-order valence-corrected chi connectivity index (χ2v) is 6.82. The van der Waals surface area contributed by atoms with Crippen molar-refractivity contribution in [2.75, 3.05) is 5.32 Å². The standard InChI is InChI=1S/C16H12BrCl2NO/c1-8-4-9(2-3-12(8)17)16(19)11-5-10-6-15(21)20-14(10)7-13(11)18/h2-5,7,16H,6H2,1H3,(H,20,21). The van der Waals surface area contributed by atoms with E-state index >= 15 is 0 Å². The predicted octanol–water partition coefficient (Wildman–Crippen LogP) is 5.23. The van der Waals surface area contributed by atoms with Gasteiger partial charge in [0.15, 0.2) is 0 Å². The molecule has 0 aliphatic carbocycles. The number of hydrogen-bond donors (Lipinski definition) is 1. The molecule has 1 amide bonds. The lowest BCUT2D eigenvalue weighted by molar-refractivity contribution is -0.115. The molecule has 5 heteroatoms. The first-order chi connectivity index (χ1) is 9.95. The van der Waals surface area contributed by atoms with E-state index in [2.05, 4.69) is 21.2 Å². The van der Waals surface area contributed by atoms with Crippen LogP contribution in [0.25, 0.3) is 0 Å². The monoisotopic (exact) mass is 383 g/mol. The van der Waals surface area contributed by atoms with E-state index in [4.69, 9.17) is 23.2 Å². The Morgan fingerprint density at radius 2 is 2.05 bits per heavy atom. The van der Waals surface area contributed by atoms with E-state index in [-0.39, 0.29) is 11.3 Å². The summed E-state index contributed by atoms with van der Waals surface area (Å²) < 4.78 is 1.05. The van der Waals surface area contributed by atoms with E-state index in [9.17, 15) is 4.79 Å². The van der Waals surface area contributed by atoms with Crippen LogP contribution >= 0.6 is 39.1 Å². The molecule has 1 heterocycles. The first-order valence-corrected chi connectivity index (χ1v) is 8.08. The van der Waals surface area contributed by atoms with Gasteiger partial charge in [-0.2, -0.15) is 0 Å². The van der Waals surface area contributed by atoms with Crippen molar-refractivity contribution in [3.8, 4) is 0 Å². The summed E-state index contributed by atoms with van der Waals surface area (Å²) in [5.74, 6) is -0.0103. The normalized spacial score (nSPS) is 14.8. The number of fused-ring (bicyclic) bond motifs is 1. The van der Waals surface area contributed by atoms with Crippen molar-refractivity contribution >= 4 is 50.7 Å². The van der Waals surface area contributed by atoms with Gasteiger partial charge in [-0.1, -0.05) is 39.7 Å². The molecule has 2 aromatic carbocycles. The van der Waals surface area contributed by atoms with E-state index in [1.165, 1.54) is 0 Å². The molecule has 0 radical (unpaired) electrons. The predicted molar refractivity (Wildman–Crippen MR) is 90.4 cm³/mol. The highest BCUT2D eigenvalue weighted by molar-refractivity contribution is 9.10. The van der Waals surface area contributed by atoms with Crippen LogP contribution in [-0.4, -0.2) is 5.91 Å². The minimum absolute atomic E-state index is 0.0103. The van der Waals surface area contributed by atoms with Gasteiger partial charge in [0.1, 0.15) is 0 Å². The smallest absolute Gasteiger partial charge is 0.228 e. The number of carbonyl (C=O) groups is 1. The van der Waals surface area contributed by atoms with Gasteiger partial charge in [-0.25, -0.2) is 0 Å². The highest BCUT2D eigenvalue weighted by Gasteiger charge is 2.23. The van der Waals surface area contributed by atoms with Gasteiger partial charge in [-0.05, 0) is 47.4 Å². The molecule has 1 atom stereocenters. The van der Waals surface area contributed by atoms with E-state index in [0.717, 1.165) is 32.4 Å². The summed E-state index contributed by atoms with van der Waals surface area (Å²) in [6, 6.07) is 9.69. The Kier molecular flexibility index (Phi) is 4.00. The van der Waals surface area contributed by atoms with Crippen molar-refractivity contribution in [2.24, 2.45) is 0 Å². The van der Waals surface area contributed by atoms with Crippen LogP contribution in [0.1, 0.15) is 27.6 Å². The molecule has 2 nitrogen and oxygen atoms in total. The Morgan fingerprint density at radius 3 is 2.76 bits per heavy atom. The summed E-state index contributed by atoms with van der Waals surface area (Å²) in [7, 11) is 0. The van der Waals surface area contributed by atoms with Crippen molar-refractivity contribution in [3.05, 3.63) is 62.1 Å². The molecule has 1 unspecified atom stereocenters. The topological polar surface area (TPSA) is 29.1 Å². The lowest BCUT2D eigenvalue weighted by Crippen LogP contribution is -2.03. The fraction of sp³-hybridized carbons (Fsp3) is 0.188. The van der Waals surface area contributed by atoms with Crippen molar-refractivity contribution < 1.29 is 4.79 Å². The number of halogens is 3. The van der Waals surface area contributed by atoms with E-state index in [0.29, 0.717) is 11.4 Å². The third kappa shape index (κ3) is 2.83. The average molecular weight is 385 g/mol. The number of anilines is 1. The summed E-state index contributed by atoms with van der Waals surface area (Å²) in [5.41, 5.74) is 4.66. The summed E-state index contributed by atoms with van der Waals surface area (Å²) >= 11 is 16.4. The maximum Gasteiger partial charge on any atom is 0.228 e. The second kappa shape index (κ2) is 5.64. The average Bonchev–Trinajstić information content (AvgIpc) is 2.79. The van der Waals surface area contributed by atoms with Crippen LogP contribution < -0.4 is 5.32 Å². The Bertz CT molecular complexity index is 745. The largest absolute Gasteiger partial charge is 0.325 e. The van der Waals surface area contributed by atoms with Crippen molar-refractivity contribution in [3.63, 3.8) is 0 Å². The molecule has 0 saturated heterocycles. The van der Waals surface area contributed by atoms with Gasteiger partial charge in [-0.3, -0.25) is 4.79 Å². The molecule has 1 aliphatic rings. The zero-order valence-corrected chi connectivity index (χ0v) is 14.3. The van der Waals surface area contributed by atoms with Gasteiger partial charge in [-0.15, -0.1) is 11.6 Å². The SMILES string of the molecule is Cc1cc(C(Cl)c2cc3c(cc2Cl)NC(=O)C3)ccc1Br. The Morgan fingerprint density at radius 1 is 1.29 bits per heavy atom. The lowest BCUT2D eigenvalue weighted by atomic mass is 10.00. The number of amides is 1. The molecule has 1 N–H and O–H groups in total.